The molecule has 4 nitrogen and oxygen atoms in total. The van der Waals surface area contributed by atoms with Crippen LogP contribution in [-0.2, 0) is 5.75 Å². The van der Waals surface area contributed by atoms with E-state index in [1.165, 1.54) is 21.5 Å². The summed E-state index contributed by atoms with van der Waals surface area (Å²) in [5.41, 5.74) is 3.40. The average molecular weight is 441 g/mol. The molecule has 0 aliphatic carbocycles. The third kappa shape index (κ3) is 4.56. The molecule has 26 heavy (non-hydrogen) atoms. The normalized spacial score (nSPS) is 11.2. The minimum atomic E-state index is 0.309. The van der Waals surface area contributed by atoms with E-state index in [4.69, 9.17) is 4.98 Å². The summed E-state index contributed by atoms with van der Waals surface area (Å²) in [7, 11) is 0. The van der Waals surface area contributed by atoms with Crippen LogP contribution in [0.3, 0.4) is 0 Å². The van der Waals surface area contributed by atoms with E-state index in [-0.39, 0.29) is 0 Å². The van der Waals surface area contributed by atoms with Crippen LogP contribution in [0.4, 0.5) is 5.13 Å². The first-order valence-electron chi connectivity index (χ1n) is 7.92. The van der Waals surface area contributed by atoms with Crippen molar-refractivity contribution in [2.45, 2.75) is 10.1 Å². The molecule has 0 radical (unpaired) electrons. The number of nitrogens with zero attached hydrogens (tertiary/aromatic N) is 4. The number of hydrogen-bond donors (Lipinski definition) is 0. The monoisotopic (exact) mass is 442 g/mol. The molecule has 0 N–H and O–H groups in total. The van der Waals surface area contributed by atoms with Gasteiger partial charge < -0.3 is 0 Å². The second-order valence-corrected chi connectivity index (χ2v) is 9.30. The van der Waals surface area contributed by atoms with E-state index in [0.717, 1.165) is 21.3 Å². The van der Waals surface area contributed by atoms with Gasteiger partial charge in [-0.25, -0.2) is 0 Å². The van der Waals surface area contributed by atoms with Crippen LogP contribution in [0.2, 0.25) is 0 Å². The van der Waals surface area contributed by atoms with Crippen molar-refractivity contribution in [1.82, 2.24) is 15.2 Å². The molecule has 0 aliphatic rings. The van der Waals surface area contributed by atoms with Gasteiger partial charge in [-0.2, -0.15) is 0 Å². The van der Waals surface area contributed by atoms with Crippen molar-refractivity contribution in [1.29, 1.82) is 0 Å². The molecule has 2 aromatic carbocycles. The Balaban J connectivity index is 1.36. The van der Waals surface area contributed by atoms with Gasteiger partial charge in [-0.15, -0.1) is 0 Å². The van der Waals surface area contributed by atoms with Gasteiger partial charge in [0.15, 0.2) is 0 Å². The molecule has 7 heteroatoms. The summed E-state index contributed by atoms with van der Waals surface area (Å²) in [6.45, 7) is 0. The zero-order valence-electron chi connectivity index (χ0n) is 13.6. The zero-order chi connectivity index (χ0) is 17.6. The van der Waals surface area contributed by atoms with Crippen molar-refractivity contribution in [2.24, 2.45) is 4.99 Å². The summed E-state index contributed by atoms with van der Waals surface area (Å²) in [6.07, 6.45) is 1.81. The SMILES string of the molecule is C(=N\c1nnc(SCc2c[se]c(-c3ccccc3)n2)s1)/c1ccccc1. The predicted octanol–water partition coefficient (Wildman–Crippen LogP) is 4.70. The molecule has 0 unspecified atom stereocenters. The molecule has 0 aliphatic heterocycles. The number of aromatic nitrogens is 3. The molecule has 128 valence electrons. The first kappa shape index (κ1) is 17.4. The van der Waals surface area contributed by atoms with Gasteiger partial charge in [0.05, 0.1) is 0 Å². The van der Waals surface area contributed by atoms with Crippen LogP contribution in [0, 0.1) is 0 Å². The predicted molar refractivity (Wildman–Crippen MR) is 110 cm³/mol. The second-order valence-electron chi connectivity index (χ2n) is 5.32. The summed E-state index contributed by atoms with van der Waals surface area (Å²) in [4.78, 5) is 11.4. The van der Waals surface area contributed by atoms with Gasteiger partial charge in [-0.1, -0.05) is 6.07 Å². The number of rotatable bonds is 6. The summed E-state index contributed by atoms with van der Waals surface area (Å²) in [5, 5.41) is 9.03. The topological polar surface area (TPSA) is 51.0 Å². The molecule has 0 bridgehead atoms. The maximum absolute atomic E-state index is 4.77. The summed E-state index contributed by atoms with van der Waals surface area (Å²) < 4.78 is 2.11. The maximum atomic E-state index is 4.77. The van der Waals surface area contributed by atoms with E-state index < -0.39 is 0 Å². The van der Waals surface area contributed by atoms with E-state index in [2.05, 4.69) is 44.4 Å². The molecule has 0 spiro atoms. The van der Waals surface area contributed by atoms with Crippen molar-refractivity contribution in [2.75, 3.05) is 0 Å². The van der Waals surface area contributed by atoms with Crippen LogP contribution < -0.4 is 0 Å². The second kappa shape index (κ2) is 8.56. The van der Waals surface area contributed by atoms with Crippen LogP contribution in [-0.4, -0.2) is 35.9 Å². The summed E-state index contributed by atoms with van der Waals surface area (Å²) >= 11 is 3.48. The molecular formula is C19H14N4S2Se. The van der Waals surface area contributed by atoms with Gasteiger partial charge in [0.1, 0.15) is 0 Å². The molecular weight excluding hydrogens is 427 g/mol. The number of aliphatic imine (C=N–C) groups is 1. The standard InChI is InChI=1S/C19H14N4S2Se/c1-3-7-14(8-4-1)11-20-18-22-23-19(25-18)24-12-16-13-26-17(21-16)15-9-5-2-6-10-15/h1-11,13H,12H2/b20-11+. The number of hydrogen-bond acceptors (Lipinski definition) is 6. The molecule has 0 fully saturated rings. The fourth-order valence-corrected chi connectivity index (χ4v) is 5.75. The van der Waals surface area contributed by atoms with Gasteiger partial charge in [-0.3, -0.25) is 0 Å². The molecule has 0 amide bonds. The number of benzene rings is 2. The first-order chi connectivity index (χ1) is 12.9. The van der Waals surface area contributed by atoms with Gasteiger partial charge in [0, 0.05) is 0 Å². The fourth-order valence-electron chi connectivity index (χ4n) is 2.20. The minimum absolute atomic E-state index is 0.309. The fraction of sp³-hybridized carbons (Fsp3) is 0.0526. The Morgan fingerprint density at radius 3 is 2.58 bits per heavy atom. The van der Waals surface area contributed by atoms with Crippen LogP contribution in [0.1, 0.15) is 11.3 Å². The van der Waals surface area contributed by atoms with Gasteiger partial charge >= 0.3 is 160 Å². The Morgan fingerprint density at radius 2 is 1.77 bits per heavy atom. The van der Waals surface area contributed by atoms with Crippen LogP contribution in [0.25, 0.3) is 10.1 Å². The van der Waals surface area contributed by atoms with Crippen molar-refractivity contribution >= 4 is 48.9 Å². The van der Waals surface area contributed by atoms with E-state index >= 15 is 0 Å². The quantitative estimate of drug-likeness (QED) is 0.247. The Kier molecular flexibility index (Phi) is 5.71. The average Bonchev–Trinajstić information content (AvgIpc) is 3.36. The van der Waals surface area contributed by atoms with E-state index in [9.17, 15) is 0 Å². The number of thioether (sulfide) groups is 1. The molecule has 2 heterocycles. The summed E-state index contributed by atoms with van der Waals surface area (Å²) in [5.74, 6) is 0.815. The first-order valence-corrected chi connectivity index (χ1v) is 11.6. The van der Waals surface area contributed by atoms with E-state index in [1.807, 2.05) is 42.6 Å². The Bertz CT molecular complexity index is 997. The zero-order valence-corrected chi connectivity index (χ0v) is 17.0. The van der Waals surface area contributed by atoms with E-state index in [1.54, 1.807) is 11.8 Å². The molecule has 4 rings (SSSR count). The van der Waals surface area contributed by atoms with Crippen molar-refractivity contribution in [3.63, 3.8) is 0 Å². The Morgan fingerprint density at radius 1 is 1.00 bits per heavy atom. The molecule has 0 atom stereocenters. The van der Waals surface area contributed by atoms with Crippen LogP contribution in [0.15, 0.2) is 74.9 Å². The van der Waals surface area contributed by atoms with Crippen LogP contribution in [0.5, 0.6) is 0 Å². The third-order valence-corrected chi connectivity index (χ3v) is 7.41. The summed E-state index contributed by atoms with van der Waals surface area (Å²) in [6, 6.07) is 20.4. The van der Waals surface area contributed by atoms with Crippen molar-refractivity contribution in [3.8, 4) is 10.1 Å². The van der Waals surface area contributed by atoms with Gasteiger partial charge in [-0.05, 0) is 0 Å². The van der Waals surface area contributed by atoms with Crippen molar-refractivity contribution < 1.29 is 0 Å². The van der Waals surface area contributed by atoms with Crippen molar-refractivity contribution in [3.05, 3.63) is 76.9 Å². The van der Waals surface area contributed by atoms with E-state index in [0.29, 0.717) is 19.6 Å². The molecule has 2 aromatic heterocycles. The van der Waals surface area contributed by atoms with Crippen LogP contribution >= 0.6 is 23.1 Å². The van der Waals surface area contributed by atoms with Gasteiger partial charge in [0.2, 0.25) is 0 Å². The third-order valence-electron chi connectivity index (χ3n) is 3.44. The molecule has 0 saturated carbocycles. The Hall–Kier alpha value is -2.05. The molecule has 0 saturated heterocycles. The molecule has 4 aromatic rings. The van der Waals surface area contributed by atoms with Gasteiger partial charge in [0.25, 0.3) is 0 Å². The Labute approximate surface area is 165 Å².